The standard InChI is InChI=1S/C13H18N3/c1-16(2,3)9-8-15-11-13-6-4-12(10-14)5-7-13/h4-7,11H,8-9H2,1-3H3/q+1. The molecular weight excluding hydrogens is 198 g/mol. The first-order chi connectivity index (χ1) is 7.51. The second kappa shape index (κ2) is 5.43. The molecule has 1 rings (SSSR count). The van der Waals surface area contributed by atoms with Crippen LogP contribution in [0, 0.1) is 11.3 Å². The lowest BCUT2D eigenvalue weighted by Gasteiger charge is -2.22. The highest BCUT2D eigenvalue weighted by Crippen LogP contribution is 2.00. The molecule has 0 saturated carbocycles. The molecule has 0 spiro atoms. The van der Waals surface area contributed by atoms with Crippen LogP contribution in [0.25, 0.3) is 0 Å². The fraction of sp³-hybridized carbons (Fsp3) is 0.385. The van der Waals surface area contributed by atoms with Gasteiger partial charge in [-0.25, -0.2) is 0 Å². The minimum Gasteiger partial charge on any atom is -0.329 e. The lowest BCUT2D eigenvalue weighted by molar-refractivity contribution is -0.868. The van der Waals surface area contributed by atoms with Crippen LogP contribution in [0.5, 0.6) is 0 Å². The SMILES string of the molecule is C[N+](C)(C)CCN=Cc1ccc(C#N)cc1. The molecule has 3 nitrogen and oxygen atoms in total. The Labute approximate surface area is 97.2 Å². The second-order valence-electron chi connectivity index (χ2n) is 4.78. The van der Waals surface area contributed by atoms with Crippen molar-refractivity contribution in [3.8, 4) is 6.07 Å². The molecule has 0 N–H and O–H groups in total. The lowest BCUT2D eigenvalue weighted by atomic mass is 10.2. The van der Waals surface area contributed by atoms with Crippen molar-refractivity contribution < 1.29 is 4.48 Å². The van der Waals surface area contributed by atoms with Crippen LogP contribution in [0.3, 0.4) is 0 Å². The van der Waals surface area contributed by atoms with Crippen molar-refractivity contribution in [1.29, 1.82) is 5.26 Å². The number of hydrogen-bond donors (Lipinski definition) is 0. The first-order valence-electron chi connectivity index (χ1n) is 5.32. The van der Waals surface area contributed by atoms with Crippen molar-refractivity contribution in [1.82, 2.24) is 0 Å². The minimum atomic E-state index is 0.684. The quantitative estimate of drug-likeness (QED) is 0.557. The van der Waals surface area contributed by atoms with E-state index in [4.69, 9.17) is 5.26 Å². The Hall–Kier alpha value is -1.66. The van der Waals surface area contributed by atoms with Gasteiger partial charge in [0.1, 0.15) is 0 Å². The van der Waals surface area contributed by atoms with Gasteiger partial charge in [-0.15, -0.1) is 0 Å². The third-order valence-electron chi connectivity index (χ3n) is 2.18. The number of nitrogens with zero attached hydrogens (tertiary/aromatic N) is 3. The third-order valence-corrected chi connectivity index (χ3v) is 2.18. The van der Waals surface area contributed by atoms with Crippen LogP contribution in [0.1, 0.15) is 11.1 Å². The molecule has 0 aliphatic heterocycles. The average Bonchev–Trinajstić information content (AvgIpc) is 2.24. The van der Waals surface area contributed by atoms with Crippen LogP contribution in [0.4, 0.5) is 0 Å². The van der Waals surface area contributed by atoms with Gasteiger partial charge in [-0.05, 0) is 17.7 Å². The highest BCUT2D eigenvalue weighted by molar-refractivity contribution is 5.79. The van der Waals surface area contributed by atoms with Gasteiger partial charge in [0.15, 0.2) is 0 Å². The first kappa shape index (κ1) is 12.4. The van der Waals surface area contributed by atoms with Crippen molar-refractivity contribution in [2.24, 2.45) is 4.99 Å². The van der Waals surface area contributed by atoms with Crippen LogP contribution < -0.4 is 0 Å². The Bertz CT molecular complexity index is 391. The van der Waals surface area contributed by atoms with E-state index in [1.165, 1.54) is 0 Å². The number of aliphatic imine (C=N–C) groups is 1. The van der Waals surface area contributed by atoms with E-state index in [1.807, 2.05) is 18.3 Å². The van der Waals surface area contributed by atoms with Crippen molar-refractivity contribution in [2.45, 2.75) is 0 Å². The summed E-state index contributed by atoms with van der Waals surface area (Å²) in [5.74, 6) is 0. The summed E-state index contributed by atoms with van der Waals surface area (Å²) in [6, 6.07) is 9.53. The van der Waals surface area contributed by atoms with E-state index in [2.05, 4.69) is 32.2 Å². The van der Waals surface area contributed by atoms with Gasteiger partial charge < -0.3 is 4.48 Å². The zero-order valence-electron chi connectivity index (χ0n) is 10.1. The van der Waals surface area contributed by atoms with Gasteiger partial charge in [0.05, 0.1) is 45.9 Å². The summed E-state index contributed by atoms with van der Waals surface area (Å²) in [7, 11) is 6.45. The third kappa shape index (κ3) is 4.72. The van der Waals surface area contributed by atoms with Gasteiger partial charge in [-0.3, -0.25) is 4.99 Å². The molecule has 1 aromatic rings. The summed E-state index contributed by atoms with van der Waals surface area (Å²) in [6.07, 6.45) is 1.86. The van der Waals surface area contributed by atoms with Gasteiger partial charge in [-0.1, -0.05) is 12.1 Å². The lowest BCUT2D eigenvalue weighted by Crippen LogP contribution is -2.36. The highest BCUT2D eigenvalue weighted by Gasteiger charge is 2.03. The van der Waals surface area contributed by atoms with E-state index in [9.17, 15) is 0 Å². The van der Waals surface area contributed by atoms with Crippen LogP contribution >= 0.6 is 0 Å². The molecule has 1 aromatic carbocycles. The molecule has 3 heteroatoms. The largest absolute Gasteiger partial charge is 0.329 e. The summed E-state index contributed by atoms with van der Waals surface area (Å²) in [5.41, 5.74) is 1.73. The summed E-state index contributed by atoms with van der Waals surface area (Å²) in [5, 5.41) is 8.65. The van der Waals surface area contributed by atoms with E-state index in [1.54, 1.807) is 12.1 Å². The van der Waals surface area contributed by atoms with Crippen molar-refractivity contribution in [2.75, 3.05) is 34.2 Å². The molecular formula is C13H18N3+. The van der Waals surface area contributed by atoms with Crippen molar-refractivity contribution in [3.05, 3.63) is 35.4 Å². The van der Waals surface area contributed by atoms with Crippen LogP contribution in [0.15, 0.2) is 29.3 Å². The number of rotatable bonds is 4. The maximum atomic E-state index is 8.65. The normalized spacial score (nSPS) is 11.6. The second-order valence-corrected chi connectivity index (χ2v) is 4.78. The Balaban J connectivity index is 2.48. The number of hydrogen-bond acceptors (Lipinski definition) is 2. The van der Waals surface area contributed by atoms with E-state index < -0.39 is 0 Å². The van der Waals surface area contributed by atoms with Gasteiger partial charge in [0.2, 0.25) is 0 Å². The molecule has 0 radical (unpaired) electrons. The van der Waals surface area contributed by atoms with E-state index in [0.29, 0.717) is 5.56 Å². The molecule has 0 fully saturated rings. The first-order valence-corrected chi connectivity index (χ1v) is 5.32. The van der Waals surface area contributed by atoms with Gasteiger partial charge in [0, 0.05) is 6.21 Å². The van der Waals surface area contributed by atoms with E-state index in [-0.39, 0.29) is 0 Å². The smallest absolute Gasteiger partial charge is 0.0991 e. The monoisotopic (exact) mass is 216 g/mol. The Morgan fingerprint density at radius 2 is 1.88 bits per heavy atom. The van der Waals surface area contributed by atoms with Crippen molar-refractivity contribution >= 4 is 6.21 Å². The van der Waals surface area contributed by atoms with E-state index in [0.717, 1.165) is 23.1 Å². The van der Waals surface area contributed by atoms with Crippen LogP contribution in [-0.2, 0) is 0 Å². The molecule has 0 aliphatic carbocycles. The molecule has 16 heavy (non-hydrogen) atoms. The highest BCUT2D eigenvalue weighted by atomic mass is 15.3. The summed E-state index contributed by atoms with van der Waals surface area (Å²) < 4.78 is 0.921. The number of nitriles is 1. The molecule has 0 unspecified atom stereocenters. The molecule has 0 atom stereocenters. The molecule has 0 bridgehead atoms. The predicted molar refractivity (Wildman–Crippen MR) is 66.5 cm³/mol. The fourth-order valence-corrected chi connectivity index (χ4v) is 1.17. The van der Waals surface area contributed by atoms with Crippen molar-refractivity contribution in [3.63, 3.8) is 0 Å². The molecule has 0 aromatic heterocycles. The summed E-state index contributed by atoms with van der Waals surface area (Å²) in [6.45, 7) is 1.84. The topological polar surface area (TPSA) is 36.1 Å². The predicted octanol–water partition coefficient (Wildman–Crippen LogP) is 1.68. The van der Waals surface area contributed by atoms with Gasteiger partial charge in [0.25, 0.3) is 0 Å². The number of quaternary nitrogens is 1. The van der Waals surface area contributed by atoms with Crippen LogP contribution in [0.2, 0.25) is 0 Å². The Morgan fingerprint density at radius 1 is 1.25 bits per heavy atom. The molecule has 0 heterocycles. The van der Waals surface area contributed by atoms with Gasteiger partial charge in [-0.2, -0.15) is 5.26 Å². The maximum Gasteiger partial charge on any atom is 0.0991 e. The number of benzene rings is 1. The number of likely N-dealkylation sites (N-methyl/N-ethyl adjacent to an activating group) is 1. The fourth-order valence-electron chi connectivity index (χ4n) is 1.17. The van der Waals surface area contributed by atoms with E-state index >= 15 is 0 Å². The maximum absolute atomic E-state index is 8.65. The van der Waals surface area contributed by atoms with Gasteiger partial charge >= 0.3 is 0 Å². The Morgan fingerprint density at radius 3 is 2.38 bits per heavy atom. The Kier molecular flexibility index (Phi) is 4.21. The molecule has 84 valence electrons. The average molecular weight is 216 g/mol. The van der Waals surface area contributed by atoms with Crippen LogP contribution in [-0.4, -0.2) is 44.9 Å². The summed E-state index contributed by atoms with van der Waals surface area (Å²) in [4.78, 5) is 4.36. The zero-order valence-corrected chi connectivity index (χ0v) is 10.1. The summed E-state index contributed by atoms with van der Waals surface area (Å²) >= 11 is 0. The minimum absolute atomic E-state index is 0.684. The molecule has 0 saturated heterocycles. The molecule has 0 amide bonds. The molecule has 0 aliphatic rings. The zero-order chi connectivity index (χ0) is 12.0.